The molecule has 0 bridgehead atoms. The number of aliphatic imine (C=N–C) groups is 1. The van der Waals surface area contributed by atoms with Crippen molar-refractivity contribution in [2.75, 3.05) is 19.8 Å². The molecule has 1 aromatic carbocycles. The van der Waals surface area contributed by atoms with Crippen LogP contribution in [0.1, 0.15) is 32.3 Å². The van der Waals surface area contributed by atoms with Crippen molar-refractivity contribution in [1.82, 2.24) is 5.32 Å². The number of benzene rings is 1. The molecule has 2 atom stereocenters. The molecule has 1 heterocycles. The Morgan fingerprint density at radius 3 is 2.67 bits per heavy atom. The highest BCUT2D eigenvalue weighted by Gasteiger charge is 2.25. The second-order valence-electron chi connectivity index (χ2n) is 7.23. The number of rotatable bonds is 9. The Kier molecular flexibility index (Phi) is 6.45. The highest BCUT2D eigenvalue weighted by Crippen LogP contribution is 2.29. The first-order chi connectivity index (χ1) is 11.4. The summed E-state index contributed by atoms with van der Waals surface area (Å²) < 4.78 is 5.41. The Balaban J connectivity index is 1.76. The fourth-order valence-corrected chi connectivity index (χ4v) is 2.87. The van der Waals surface area contributed by atoms with Gasteiger partial charge in [0, 0.05) is 6.04 Å². The molecular formula is C18H29N3O3. The van der Waals surface area contributed by atoms with E-state index in [4.69, 9.17) is 15.6 Å². The number of aliphatic hydroxyl groups excluding tert-OH is 2. The minimum atomic E-state index is -0.840. The van der Waals surface area contributed by atoms with Crippen LogP contribution in [-0.2, 0) is 6.42 Å². The van der Waals surface area contributed by atoms with Crippen LogP contribution >= 0.6 is 0 Å². The highest BCUT2D eigenvalue weighted by molar-refractivity contribution is 5.79. The lowest BCUT2D eigenvalue weighted by atomic mass is 9.80. The summed E-state index contributed by atoms with van der Waals surface area (Å²) in [5.74, 6) is 1.26. The fourth-order valence-electron chi connectivity index (χ4n) is 2.87. The minimum Gasteiger partial charge on any atom is -0.491 e. The highest BCUT2D eigenvalue weighted by atomic mass is 16.5. The van der Waals surface area contributed by atoms with Gasteiger partial charge in [0.05, 0.1) is 13.2 Å². The van der Waals surface area contributed by atoms with Crippen LogP contribution in [0.15, 0.2) is 29.3 Å². The van der Waals surface area contributed by atoms with Crippen molar-refractivity contribution in [1.29, 1.82) is 0 Å². The molecule has 0 aliphatic carbocycles. The van der Waals surface area contributed by atoms with Gasteiger partial charge in [-0.2, -0.15) is 0 Å². The molecule has 0 aromatic heterocycles. The first-order valence-electron chi connectivity index (χ1n) is 8.45. The maximum absolute atomic E-state index is 9.28. The van der Waals surface area contributed by atoms with Gasteiger partial charge in [-0.3, -0.25) is 4.99 Å². The molecule has 0 saturated carbocycles. The van der Waals surface area contributed by atoms with Crippen LogP contribution in [0, 0.1) is 5.41 Å². The lowest BCUT2D eigenvalue weighted by molar-refractivity contribution is 0.0536. The minimum absolute atomic E-state index is 0.0997. The number of hydrogen-bond acceptors (Lipinski definition) is 6. The first-order valence-corrected chi connectivity index (χ1v) is 8.45. The average Bonchev–Trinajstić information content (AvgIpc) is 2.95. The molecule has 6 nitrogen and oxygen atoms in total. The number of hydrogen-bond donors (Lipinski definition) is 4. The third-order valence-corrected chi connectivity index (χ3v) is 4.30. The number of guanidine groups is 1. The van der Waals surface area contributed by atoms with Gasteiger partial charge in [-0.1, -0.05) is 26.0 Å². The van der Waals surface area contributed by atoms with E-state index < -0.39 is 6.10 Å². The van der Waals surface area contributed by atoms with E-state index >= 15 is 0 Å². The van der Waals surface area contributed by atoms with Crippen molar-refractivity contribution in [2.45, 2.75) is 45.3 Å². The van der Waals surface area contributed by atoms with Gasteiger partial charge in [-0.15, -0.1) is 0 Å². The Morgan fingerprint density at radius 2 is 2.08 bits per heavy atom. The zero-order valence-electron chi connectivity index (χ0n) is 14.5. The van der Waals surface area contributed by atoms with Crippen LogP contribution in [-0.4, -0.2) is 48.1 Å². The Hall–Kier alpha value is -1.79. The zero-order chi connectivity index (χ0) is 17.6. The number of aliphatic hydroxyl groups is 2. The van der Waals surface area contributed by atoms with Gasteiger partial charge in [0.1, 0.15) is 18.5 Å². The molecule has 0 amide bonds. The van der Waals surface area contributed by atoms with Crippen LogP contribution in [0.2, 0.25) is 0 Å². The average molecular weight is 335 g/mol. The van der Waals surface area contributed by atoms with Gasteiger partial charge in [0.2, 0.25) is 0 Å². The van der Waals surface area contributed by atoms with Gasteiger partial charge in [-0.25, -0.2) is 0 Å². The van der Waals surface area contributed by atoms with Crippen molar-refractivity contribution >= 4 is 5.96 Å². The van der Waals surface area contributed by atoms with E-state index in [1.165, 1.54) is 5.56 Å². The molecule has 1 aliphatic heterocycles. The van der Waals surface area contributed by atoms with Crippen molar-refractivity contribution in [2.24, 2.45) is 16.1 Å². The van der Waals surface area contributed by atoms with E-state index in [0.29, 0.717) is 17.8 Å². The molecule has 2 rings (SSSR count). The normalized spacial score (nSPS) is 18.8. The molecule has 0 unspecified atom stereocenters. The van der Waals surface area contributed by atoms with Crippen molar-refractivity contribution in [3.63, 3.8) is 0 Å². The number of nitrogens with zero attached hydrogens (tertiary/aromatic N) is 1. The van der Waals surface area contributed by atoms with Crippen LogP contribution in [0.3, 0.4) is 0 Å². The maximum Gasteiger partial charge on any atom is 0.188 e. The molecular weight excluding hydrogens is 306 g/mol. The molecule has 24 heavy (non-hydrogen) atoms. The zero-order valence-corrected chi connectivity index (χ0v) is 14.5. The van der Waals surface area contributed by atoms with Gasteiger partial charge < -0.3 is 26.0 Å². The number of nitrogens with two attached hydrogens (primary N) is 1. The lowest BCUT2D eigenvalue weighted by Crippen LogP contribution is -2.37. The molecule has 5 N–H and O–H groups in total. The summed E-state index contributed by atoms with van der Waals surface area (Å²) in [5.41, 5.74) is 7.14. The number of ether oxygens (including phenoxy) is 1. The van der Waals surface area contributed by atoms with E-state index in [2.05, 4.69) is 24.2 Å². The third-order valence-electron chi connectivity index (χ3n) is 4.30. The topological polar surface area (TPSA) is 100 Å². The summed E-state index contributed by atoms with van der Waals surface area (Å²) >= 11 is 0. The summed E-state index contributed by atoms with van der Waals surface area (Å²) in [5, 5.41) is 21.3. The SMILES string of the molecule is CC(C)(CCc1ccc(OC[C@@H](O)CO)cc1)C[C@H]1CN=C(N)N1. The smallest absolute Gasteiger partial charge is 0.188 e. The van der Waals surface area contributed by atoms with Gasteiger partial charge in [0.15, 0.2) is 5.96 Å². The summed E-state index contributed by atoms with van der Waals surface area (Å²) in [6.45, 7) is 5.12. The second-order valence-corrected chi connectivity index (χ2v) is 7.23. The quantitative estimate of drug-likeness (QED) is 0.541. The maximum atomic E-state index is 9.28. The Bertz CT molecular complexity index is 543. The summed E-state index contributed by atoms with van der Waals surface area (Å²) in [6, 6.07) is 8.24. The van der Waals surface area contributed by atoms with E-state index in [1.807, 2.05) is 24.3 Å². The van der Waals surface area contributed by atoms with Gasteiger partial charge in [0.25, 0.3) is 0 Å². The van der Waals surface area contributed by atoms with Crippen molar-refractivity contribution in [3.8, 4) is 5.75 Å². The molecule has 0 spiro atoms. The largest absolute Gasteiger partial charge is 0.491 e. The van der Waals surface area contributed by atoms with Gasteiger partial charge in [-0.05, 0) is 42.4 Å². The van der Waals surface area contributed by atoms with E-state index in [9.17, 15) is 5.11 Å². The summed E-state index contributed by atoms with van der Waals surface area (Å²) in [6.07, 6.45) is 2.27. The number of aryl methyl sites for hydroxylation is 1. The van der Waals surface area contributed by atoms with Crippen LogP contribution < -0.4 is 15.8 Å². The fraction of sp³-hybridized carbons (Fsp3) is 0.611. The molecule has 0 fully saturated rings. The molecule has 6 heteroatoms. The molecule has 134 valence electrons. The standard InChI is InChI=1S/C18H29N3O3/c1-18(2,9-14-10-20-17(19)21-14)8-7-13-3-5-16(6-4-13)24-12-15(23)11-22/h3-6,14-15,22-23H,7-12H2,1-2H3,(H3,19,20,21)/t14-,15-/m0/s1. The Morgan fingerprint density at radius 1 is 1.38 bits per heavy atom. The Labute approximate surface area is 143 Å². The third kappa shape index (κ3) is 6.02. The van der Waals surface area contributed by atoms with Gasteiger partial charge >= 0.3 is 0 Å². The van der Waals surface area contributed by atoms with Crippen LogP contribution in [0.25, 0.3) is 0 Å². The number of nitrogens with one attached hydrogen (secondary N) is 1. The first kappa shape index (κ1) is 18.5. The van der Waals surface area contributed by atoms with E-state index in [-0.39, 0.29) is 18.6 Å². The predicted octanol–water partition coefficient (Wildman–Crippen LogP) is 1.05. The molecule has 1 aromatic rings. The summed E-state index contributed by atoms with van der Waals surface area (Å²) in [4.78, 5) is 4.20. The second kappa shape index (κ2) is 8.35. The summed E-state index contributed by atoms with van der Waals surface area (Å²) in [7, 11) is 0. The molecule has 0 radical (unpaired) electrons. The van der Waals surface area contributed by atoms with Crippen LogP contribution in [0.5, 0.6) is 5.75 Å². The van der Waals surface area contributed by atoms with E-state index in [1.54, 1.807) is 0 Å². The predicted molar refractivity (Wildman–Crippen MR) is 95.2 cm³/mol. The van der Waals surface area contributed by atoms with E-state index in [0.717, 1.165) is 25.8 Å². The van der Waals surface area contributed by atoms with Crippen molar-refractivity contribution in [3.05, 3.63) is 29.8 Å². The molecule has 1 aliphatic rings. The monoisotopic (exact) mass is 335 g/mol. The molecule has 0 saturated heterocycles. The van der Waals surface area contributed by atoms with Crippen molar-refractivity contribution < 1.29 is 14.9 Å². The lowest BCUT2D eigenvalue weighted by Gasteiger charge is -2.28. The van der Waals surface area contributed by atoms with Crippen LogP contribution in [0.4, 0.5) is 0 Å².